The standard InChI is InChI=1S/C20H23FN4O2.C10H13ClFN3O.C10H11NO.C6H13NO.C4HCl2FN2/c21-18-11-22-20(24-19(18)25-7-5-13(12-26)6-8-25)23-16-3-1-15-10-17(27)4-2-14(15)9-16;11-10-13-5-8(12)9(14-10)15-3-1-7(6-16)2-4-15;11-9-3-1-8-6-10(12)4-2-7(8)5-9;8-5-6-1-3-7-4-2-6;5-3-2(7)1-8-4(6)9-3/h1,3,9,11,13,26H,2,4-8,10,12H2,(H,22,23,24);5,7,16H,1-4,6H2;1,3,5H,2,4,6,11H2;6-8H,1-5H2;1H. The number of halogens is 6. The Morgan fingerprint density at radius 2 is 1.07 bits per heavy atom. The Hall–Kier alpha value is -5.28. The fourth-order valence-electron chi connectivity index (χ4n) is 8.68. The van der Waals surface area contributed by atoms with Gasteiger partial charge in [0.1, 0.15) is 11.6 Å². The first-order valence-corrected chi connectivity index (χ1v) is 25.2. The summed E-state index contributed by atoms with van der Waals surface area (Å²) in [4.78, 5) is 49.0. The molecule has 2 aromatic carbocycles. The number of fused-ring (bicyclic) bond motifs is 2. The van der Waals surface area contributed by atoms with Crippen molar-refractivity contribution in [3.8, 4) is 0 Å². The van der Waals surface area contributed by atoms with Crippen molar-refractivity contribution in [3.63, 3.8) is 0 Å². The Labute approximate surface area is 432 Å². The molecule has 2 aliphatic carbocycles. The van der Waals surface area contributed by atoms with Crippen molar-refractivity contribution in [2.24, 2.45) is 17.8 Å². The van der Waals surface area contributed by atoms with E-state index in [-0.39, 0.29) is 46.5 Å². The summed E-state index contributed by atoms with van der Waals surface area (Å²) in [6, 6.07) is 11.7. The number of nitrogens with two attached hydrogens (primary N) is 1. The van der Waals surface area contributed by atoms with Gasteiger partial charge in [-0.15, -0.1) is 0 Å². The second-order valence-corrected chi connectivity index (χ2v) is 19.2. The third-order valence-corrected chi connectivity index (χ3v) is 13.6. The van der Waals surface area contributed by atoms with Crippen LogP contribution in [0.15, 0.2) is 55.0 Å². The predicted molar refractivity (Wildman–Crippen MR) is 272 cm³/mol. The Morgan fingerprint density at radius 1 is 0.597 bits per heavy atom. The summed E-state index contributed by atoms with van der Waals surface area (Å²) >= 11 is 16.1. The zero-order chi connectivity index (χ0) is 51.6. The molecule has 0 radical (unpaired) electrons. The summed E-state index contributed by atoms with van der Waals surface area (Å²) in [7, 11) is 0. The van der Waals surface area contributed by atoms with Gasteiger partial charge in [-0.25, -0.2) is 33.1 Å². The number of hydrogen-bond donors (Lipinski definition) is 6. The lowest BCUT2D eigenvalue weighted by molar-refractivity contribution is -0.119. The van der Waals surface area contributed by atoms with Crippen LogP contribution in [0.5, 0.6) is 0 Å². The van der Waals surface area contributed by atoms with Crippen molar-refractivity contribution >= 4 is 75.3 Å². The van der Waals surface area contributed by atoms with Crippen LogP contribution in [0.2, 0.25) is 15.7 Å². The molecule has 3 aromatic heterocycles. The molecule has 16 nitrogen and oxygen atoms in total. The van der Waals surface area contributed by atoms with Crippen molar-refractivity contribution < 1.29 is 38.1 Å². The van der Waals surface area contributed by atoms with E-state index in [4.69, 9.17) is 50.7 Å². The van der Waals surface area contributed by atoms with E-state index < -0.39 is 17.5 Å². The molecule has 388 valence electrons. The zero-order valence-corrected chi connectivity index (χ0v) is 42.1. The van der Waals surface area contributed by atoms with Crippen molar-refractivity contribution in [2.75, 3.05) is 79.9 Å². The molecule has 0 amide bonds. The first kappa shape index (κ1) is 56.0. The summed E-state index contributed by atoms with van der Waals surface area (Å²) in [5.74, 6) is 1.15. The number of nitrogens with one attached hydrogen (secondary N) is 2. The summed E-state index contributed by atoms with van der Waals surface area (Å²) in [5.41, 5.74) is 11.9. The molecule has 5 aromatic rings. The summed E-state index contributed by atoms with van der Waals surface area (Å²) in [6.07, 6.45) is 12.8. The molecule has 0 saturated carbocycles. The van der Waals surface area contributed by atoms with Crippen LogP contribution in [0.3, 0.4) is 0 Å². The van der Waals surface area contributed by atoms with Crippen molar-refractivity contribution in [1.82, 2.24) is 35.2 Å². The first-order chi connectivity index (χ1) is 34.7. The largest absolute Gasteiger partial charge is 0.399 e. The number of carbonyl (C=O) groups is 2. The number of ketones is 2. The third-order valence-electron chi connectivity index (χ3n) is 13.0. The van der Waals surface area contributed by atoms with Crippen LogP contribution in [0.25, 0.3) is 0 Å². The number of piperidine rings is 3. The molecule has 72 heavy (non-hydrogen) atoms. The van der Waals surface area contributed by atoms with Gasteiger partial charge in [0.05, 0.1) is 18.6 Å². The van der Waals surface area contributed by atoms with Crippen LogP contribution < -0.4 is 26.2 Å². The van der Waals surface area contributed by atoms with E-state index in [0.29, 0.717) is 87.9 Å². The maximum Gasteiger partial charge on any atom is 0.229 e. The predicted octanol–water partition coefficient (Wildman–Crippen LogP) is 7.33. The molecule has 22 heteroatoms. The highest BCUT2D eigenvalue weighted by Gasteiger charge is 2.24. The van der Waals surface area contributed by atoms with Gasteiger partial charge >= 0.3 is 0 Å². The van der Waals surface area contributed by atoms with E-state index >= 15 is 0 Å². The third kappa shape index (κ3) is 17.2. The smallest absolute Gasteiger partial charge is 0.229 e. The molecule has 3 fully saturated rings. The molecule has 6 heterocycles. The van der Waals surface area contributed by atoms with Crippen LogP contribution >= 0.6 is 34.8 Å². The molecule has 0 spiro atoms. The number of aliphatic hydroxyl groups excluding tert-OH is 3. The molecule has 0 unspecified atom stereocenters. The Bertz CT molecular complexity index is 2570. The molecular weight excluding hydrogens is 998 g/mol. The second-order valence-electron chi connectivity index (χ2n) is 18.1. The number of nitrogens with zero attached hydrogens (tertiary/aromatic N) is 8. The fourth-order valence-corrected chi connectivity index (χ4v) is 9.12. The normalized spacial score (nSPS) is 17.1. The van der Waals surface area contributed by atoms with E-state index in [1.54, 1.807) is 0 Å². The zero-order valence-electron chi connectivity index (χ0n) is 39.9. The Kier molecular flexibility index (Phi) is 22.0. The Balaban J connectivity index is 0.000000160. The number of carbonyl (C=O) groups excluding carboxylic acids is 2. The lowest BCUT2D eigenvalue weighted by atomic mass is 9.90. The number of nitrogen functional groups attached to an aromatic ring is 1. The van der Waals surface area contributed by atoms with Crippen LogP contribution in [-0.4, -0.2) is 116 Å². The van der Waals surface area contributed by atoms with E-state index in [0.717, 1.165) is 105 Å². The van der Waals surface area contributed by atoms with Gasteiger partial charge in [-0.05, 0) is 152 Å². The van der Waals surface area contributed by atoms with Crippen LogP contribution in [0.4, 0.5) is 42.1 Å². The lowest BCUT2D eigenvalue weighted by Gasteiger charge is -2.32. The number of Topliss-reactive ketones (excluding diaryl/α,β-unsaturated/α-hetero) is 2. The van der Waals surface area contributed by atoms with Crippen LogP contribution in [0, 0.1) is 35.2 Å². The maximum atomic E-state index is 14.3. The second kappa shape index (κ2) is 28.2. The van der Waals surface area contributed by atoms with Gasteiger partial charge in [0.25, 0.3) is 0 Å². The average molecular weight is 1060 g/mol. The number of aromatic nitrogens is 6. The van der Waals surface area contributed by atoms with Gasteiger partial charge < -0.3 is 41.5 Å². The van der Waals surface area contributed by atoms with Gasteiger partial charge in [0, 0.05) is 83.1 Å². The number of benzene rings is 2. The molecule has 10 rings (SSSR count). The minimum absolute atomic E-state index is 0.0543. The monoisotopic (exact) mass is 1060 g/mol. The van der Waals surface area contributed by atoms with E-state index in [1.807, 2.05) is 46.2 Å². The van der Waals surface area contributed by atoms with Gasteiger partial charge in [-0.1, -0.05) is 23.7 Å². The molecule has 3 saturated heterocycles. The van der Waals surface area contributed by atoms with Gasteiger partial charge in [-0.3, -0.25) is 9.59 Å². The quantitative estimate of drug-likeness (QED) is 0.0533. The average Bonchev–Trinajstić information content (AvgIpc) is 3.40. The van der Waals surface area contributed by atoms with Crippen LogP contribution in [-0.2, 0) is 35.3 Å². The highest BCUT2D eigenvalue weighted by molar-refractivity contribution is 6.31. The topological polar surface area (TPSA) is 229 Å². The molecule has 0 bridgehead atoms. The number of hydrogen-bond acceptors (Lipinski definition) is 16. The van der Waals surface area contributed by atoms with E-state index in [9.17, 15) is 27.9 Å². The lowest BCUT2D eigenvalue weighted by Crippen LogP contribution is -2.36. The van der Waals surface area contributed by atoms with Crippen molar-refractivity contribution in [2.45, 2.75) is 77.0 Å². The number of aryl methyl sites for hydroxylation is 2. The Morgan fingerprint density at radius 3 is 1.58 bits per heavy atom. The molecule has 0 atom stereocenters. The highest BCUT2D eigenvalue weighted by Crippen LogP contribution is 2.28. The van der Waals surface area contributed by atoms with E-state index in [2.05, 4.69) is 40.5 Å². The summed E-state index contributed by atoms with van der Waals surface area (Å²) < 4.78 is 39.9. The molecule has 7 N–H and O–H groups in total. The number of aliphatic hydroxyl groups is 3. The number of anilines is 5. The van der Waals surface area contributed by atoms with Crippen LogP contribution in [0.1, 0.15) is 73.6 Å². The fraction of sp³-hybridized carbons (Fsp3) is 0.480. The summed E-state index contributed by atoms with van der Waals surface area (Å²) in [5, 5.41) is 33.1. The molecule has 3 aliphatic heterocycles. The van der Waals surface area contributed by atoms with Gasteiger partial charge in [0.2, 0.25) is 16.5 Å². The summed E-state index contributed by atoms with van der Waals surface area (Å²) in [6.45, 7) is 5.65. The maximum absolute atomic E-state index is 14.3. The SMILES string of the molecule is Fc1cnc(Cl)nc1Cl.Nc1ccc2c(c1)CCC(=O)C2.O=C1CCc2cc(Nc3ncc(F)c(N4CCC(CO)CC4)n3)ccc2C1.OCC1CCN(c2nc(Cl)ncc2F)CC1.OCC1CCNCC1. The minimum atomic E-state index is -0.666. The van der Waals surface area contributed by atoms with Gasteiger partial charge in [0.15, 0.2) is 34.2 Å². The first-order valence-electron chi connectivity index (χ1n) is 24.1. The molecule has 5 aliphatic rings. The van der Waals surface area contributed by atoms with Gasteiger partial charge in [-0.2, -0.15) is 9.97 Å². The number of rotatable bonds is 7. The van der Waals surface area contributed by atoms with Crippen molar-refractivity contribution in [1.29, 1.82) is 0 Å². The minimum Gasteiger partial charge on any atom is -0.399 e. The molecular formula is C50H61Cl3F3N11O5. The van der Waals surface area contributed by atoms with Crippen molar-refractivity contribution in [3.05, 3.63) is 110 Å². The van der Waals surface area contributed by atoms with E-state index in [1.165, 1.54) is 11.8 Å². The highest BCUT2D eigenvalue weighted by atomic mass is 35.5.